The molecule has 0 fully saturated rings. The average molecular weight is 1100 g/mol. The Morgan fingerprint density at radius 3 is 0.912 bits per heavy atom. The molecule has 0 unspecified atom stereocenters. The summed E-state index contributed by atoms with van der Waals surface area (Å²) >= 11 is 0. The fraction of sp³-hybridized carbons (Fsp3) is 0.200. The molecule has 10 heteroatoms. The minimum Gasteiger partial charge on any atom is -0.491 e. The highest BCUT2D eigenvalue weighted by Gasteiger charge is 2.23. The quantitative estimate of drug-likeness (QED) is 0.0339. The van der Waals surface area contributed by atoms with E-state index in [4.69, 9.17) is 37.9 Å². The lowest BCUT2D eigenvalue weighted by molar-refractivity contribution is 0.0179. The average Bonchev–Trinajstić information content (AvgIpc) is 3.63. The second-order valence-electron chi connectivity index (χ2n) is 19.0. The van der Waals surface area contributed by atoms with Gasteiger partial charge < -0.3 is 37.9 Å². The summed E-state index contributed by atoms with van der Waals surface area (Å²) in [6.45, 7) is 5.36. The molecule has 10 aromatic rings. The first-order valence-electron chi connectivity index (χ1n) is 27.4. The van der Waals surface area contributed by atoms with Crippen molar-refractivity contribution >= 4 is 69.2 Å². The maximum atomic E-state index is 6.90. The van der Waals surface area contributed by atoms with Crippen molar-refractivity contribution in [3.8, 4) is 44.9 Å². The van der Waals surface area contributed by atoms with Gasteiger partial charge in [-0.05, 0) is 128 Å². The maximum Gasteiger partial charge on any atom is 0.128 e. The predicted molar refractivity (Wildman–Crippen MR) is 333 cm³/mol. The minimum atomic E-state index is -0.824. The number of rotatable bonds is 29. The highest BCUT2D eigenvalue weighted by atomic mass is 31.1. The second-order valence-corrected chi connectivity index (χ2v) is 23.4. The molecule has 0 atom stereocenters. The standard InChI is InChI=1S/C70H68O8P2/c1-71-37-39-73-41-43-75-45-47-77-67-35-33-53-29-31-57(55-17-15-27-63(49-55)79(59-19-7-3-8-20-59)60-21-9-4-10-22-60)51-65(53)69(67)70-66-52-58(32-30-54(66)34-36-68(70)78-48-46-76-44-42-74-40-38-72-2)56-18-16-28-64(50-56)80(61-23-11-5-12-24-61)62-25-13-6-14-26-62/h3-36,49-52H,37-48H2,1-2H3. The van der Waals surface area contributed by atoms with Crippen LogP contribution in [0.2, 0.25) is 0 Å². The van der Waals surface area contributed by atoms with Crippen LogP contribution in [-0.2, 0) is 28.4 Å². The van der Waals surface area contributed by atoms with E-state index in [1.165, 1.54) is 31.8 Å². The fourth-order valence-electron chi connectivity index (χ4n) is 9.92. The maximum absolute atomic E-state index is 6.90. The molecular formula is C70H68O8P2. The molecular weight excluding hydrogens is 1030 g/mol. The SMILES string of the molecule is COCCOCCOCCOc1ccc2ccc(-c3cccc(P(c4ccccc4)c4ccccc4)c3)cc2c1-c1c(OCCOCCOCCOC)ccc2ccc(-c3cccc(P(c4ccccc4)c4ccccc4)c3)cc12. The van der Waals surface area contributed by atoms with Crippen LogP contribution >= 0.6 is 15.8 Å². The number of hydrogen-bond donors (Lipinski definition) is 0. The van der Waals surface area contributed by atoms with E-state index >= 15 is 0 Å². The monoisotopic (exact) mass is 1100 g/mol. The zero-order valence-electron chi connectivity index (χ0n) is 45.6. The fourth-order valence-corrected chi connectivity index (χ4v) is 14.6. The molecule has 0 aromatic heterocycles. The van der Waals surface area contributed by atoms with E-state index in [0.29, 0.717) is 79.3 Å². The summed E-state index contributed by atoms with van der Waals surface area (Å²) in [5.74, 6) is 1.45. The van der Waals surface area contributed by atoms with Crippen LogP contribution in [-0.4, -0.2) is 93.5 Å². The van der Waals surface area contributed by atoms with Crippen LogP contribution < -0.4 is 41.3 Å². The molecule has 8 nitrogen and oxygen atoms in total. The van der Waals surface area contributed by atoms with Crippen molar-refractivity contribution in [2.45, 2.75) is 0 Å². The van der Waals surface area contributed by atoms with E-state index in [-0.39, 0.29) is 0 Å². The van der Waals surface area contributed by atoms with E-state index in [0.717, 1.165) is 66.4 Å². The molecule has 0 aliphatic rings. The Labute approximate surface area is 473 Å². The minimum absolute atomic E-state index is 0.325. The number of benzene rings is 10. The summed E-state index contributed by atoms with van der Waals surface area (Å²) in [6.07, 6.45) is 0. The lowest BCUT2D eigenvalue weighted by Gasteiger charge is -2.22. The lowest BCUT2D eigenvalue weighted by Crippen LogP contribution is -2.20. The van der Waals surface area contributed by atoms with Gasteiger partial charge in [0.2, 0.25) is 0 Å². The van der Waals surface area contributed by atoms with Gasteiger partial charge in [0.15, 0.2) is 0 Å². The summed E-state index contributed by atoms with van der Waals surface area (Å²) in [4.78, 5) is 0. The number of fused-ring (bicyclic) bond motifs is 2. The van der Waals surface area contributed by atoms with Crippen LogP contribution in [0, 0.1) is 0 Å². The molecule has 0 aliphatic carbocycles. The van der Waals surface area contributed by atoms with Crippen molar-refractivity contribution in [2.75, 3.05) is 93.5 Å². The third kappa shape index (κ3) is 14.5. The zero-order valence-corrected chi connectivity index (χ0v) is 47.4. The first-order valence-corrected chi connectivity index (χ1v) is 30.0. The topological polar surface area (TPSA) is 73.8 Å². The summed E-state index contributed by atoms with van der Waals surface area (Å²) in [7, 11) is 1.69. The number of methoxy groups -OCH3 is 2. The van der Waals surface area contributed by atoms with Gasteiger partial charge in [-0.3, -0.25) is 0 Å². The van der Waals surface area contributed by atoms with E-state index in [1.807, 2.05) is 0 Å². The Balaban J connectivity index is 1.09. The highest BCUT2D eigenvalue weighted by Crippen LogP contribution is 2.47. The molecule has 0 radical (unpaired) electrons. The van der Waals surface area contributed by atoms with Crippen LogP contribution in [0.5, 0.6) is 11.5 Å². The first-order chi connectivity index (χ1) is 39.7. The molecule has 0 saturated carbocycles. The van der Waals surface area contributed by atoms with Crippen LogP contribution in [0.4, 0.5) is 0 Å². The predicted octanol–water partition coefficient (Wildman–Crippen LogP) is 12.6. The van der Waals surface area contributed by atoms with Crippen LogP contribution in [0.3, 0.4) is 0 Å². The Morgan fingerprint density at radius 2 is 0.562 bits per heavy atom. The molecule has 0 saturated heterocycles. The number of ether oxygens (including phenoxy) is 8. The zero-order chi connectivity index (χ0) is 54.6. The summed E-state index contributed by atoms with van der Waals surface area (Å²) in [5, 5.41) is 12.0. The van der Waals surface area contributed by atoms with Crippen LogP contribution in [0.1, 0.15) is 0 Å². The molecule has 0 heterocycles. The third-order valence-electron chi connectivity index (χ3n) is 13.7. The van der Waals surface area contributed by atoms with Crippen molar-refractivity contribution in [1.82, 2.24) is 0 Å². The van der Waals surface area contributed by atoms with Gasteiger partial charge in [0, 0.05) is 25.3 Å². The molecule has 0 bridgehead atoms. The van der Waals surface area contributed by atoms with Crippen molar-refractivity contribution in [3.05, 3.63) is 231 Å². The van der Waals surface area contributed by atoms with Crippen molar-refractivity contribution in [2.24, 2.45) is 0 Å². The molecule has 80 heavy (non-hydrogen) atoms. The Hall–Kier alpha value is -7.06. The van der Waals surface area contributed by atoms with Gasteiger partial charge in [-0.25, -0.2) is 0 Å². The highest BCUT2D eigenvalue weighted by molar-refractivity contribution is 7.80. The van der Waals surface area contributed by atoms with Crippen LogP contribution in [0.25, 0.3) is 54.9 Å². The molecule has 10 rings (SSSR count). The van der Waals surface area contributed by atoms with Gasteiger partial charge >= 0.3 is 0 Å². The Kier molecular flexibility index (Phi) is 20.7. The van der Waals surface area contributed by atoms with Crippen LogP contribution in [0.15, 0.2) is 231 Å². The largest absolute Gasteiger partial charge is 0.491 e. The summed E-state index contributed by atoms with van der Waals surface area (Å²) in [6, 6.07) is 83.7. The van der Waals surface area contributed by atoms with Crippen molar-refractivity contribution in [1.29, 1.82) is 0 Å². The van der Waals surface area contributed by atoms with Gasteiger partial charge in [-0.1, -0.05) is 194 Å². The molecule has 406 valence electrons. The summed E-state index contributed by atoms with van der Waals surface area (Å²) < 4.78 is 47.6. The first kappa shape index (κ1) is 56.2. The molecule has 0 amide bonds. The Bertz CT molecular complexity index is 3200. The van der Waals surface area contributed by atoms with Gasteiger partial charge in [-0.15, -0.1) is 0 Å². The normalized spacial score (nSPS) is 11.5. The van der Waals surface area contributed by atoms with Gasteiger partial charge in [-0.2, -0.15) is 0 Å². The van der Waals surface area contributed by atoms with E-state index < -0.39 is 15.8 Å². The van der Waals surface area contributed by atoms with Gasteiger partial charge in [0.1, 0.15) is 24.7 Å². The molecule has 0 aliphatic heterocycles. The van der Waals surface area contributed by atoms with Crippen molar-refractivity contribution < 1.29 is 37.9 Å². The Morgan fingerprint density at radius 1 is 0.263 bits per heavy atom. The molecule has 10 aromatic carbocycles. The lowest BCUT2D eigenvalue weighted by atomic mass is 9.89. The third-order valence-corrected chi connectivity index (χ3v) is 18.6. The van der Waals surface area contributed by atoms with Gasteiger partial charge in [0.05, 0.1) is 66.1 Å². The smallest absolute Gasteiger partial charge is 0.128 e. The van der Waals surface area contributed by atoms with E-state index in [9.17, 15) is 0 Å². The van der Waals surface area contributed by atoms with Crippen molar-refractivity contribution in [3.63, 3.8) is 0 Å². The molecule has 0 N–H and O–H groups in total. The van der Waals surface area contributed by atoms with Gasteiger partial charge in [0.25, 0.3) is 0 Å². The number of hydrogen-bond acceptors (Lipinski definition) is 8. The second kappa shape index (κ2) is 29.4. The molecule has 0 spiro atoms. The summed E-state index contributed by atoms with van der Waals surface area (Å²) in [5.41, 5.74) is 6.34. The van der Waals surface area contributed by atoms with E-state index in [1.54, 1.807) is 14.2 Å². The van der Waals surface area contributed by atoms with E-state index in [2.05, 4.69) is 231 Å².